The maximum atomic E-state index is 2.48. The first-order valence-electron chi connectivity index (χ1n) is 6.23. The highest BCUT2D eigenvalue weighted by Crippen LogP contribution is 2.29. The van der Waals surface area contributed by atoms with Gasteiger partial charge in [-0.1, -0.05) is 5.57 Å². The first kappa shape index (κ1) is 11.9. The van der Waals surface area contributed by atoms with E-state index >= 15 is 0 Å². The Hall–Kier alpha value is 0.440. The molecular weight excluding hydrogens is 220 g/mol. The summed E-state index contributed by atoms with van der Waals surface area (Å²) in [5.74, 6) is 5.67. The van der Waals surface area contributed by atoms with Gasteiger partial charge in [0.15, 0.2) is 0 Å². The van der Waals surface area contributed by atoms with Crippen LogP contribution in [0.2, 0.25) is 0 Å². The molecule has 1 aliphatic heterocycles. The lowest BCUT2D eigenvalue weighted by atomic mass is 9.94. The molecule has 1 unspecified atom stereocenters. The zero-order valence-corrected chi connectivity index (χ0v) is 11.5. The molecule has 0 radical (unpaired) electrons. The highest BCUT2D eigenvalue weighted by atomic mass is 32.2. The SMILES string of the molecule is C[S+]1CCCCSCC2=C(CCCC2)C1. The highest BCUT2D eigenvalue weighted by Gasteiger charge is 2.20. The average molecular weight is 243 g/mol. The van der Waals surface area contributed by atoms with Crippen molar-refractivity contribution in [2.45, 2.75) is 38.5 Å². The van der Waals surface area contributed by atoms with Gasteiger partial charge in [-0.2, -0.15) is 11.8 Å². The Morgan fingerprint density at radius 3 is 2.67 bits per heavy atom. The Bertz CT molecular complexity index is 233. The molecule has 2 rings (SSSR count). The lowest BCUT2D eigenvalue weighted by molar-refractivity contribution is 0.675. The van der Waals surface area contributed by atoms with Gasteiger partial charge in [0.1, 0.15) is 11.5 Å². The first-order chi connectivity index (χ1) is 7.36. The first-order valence-corrected chi connectivity index (χ1v) is 9.35. The van der Waals surface area contributed by atoms with E-state index in [0.717, 1.165) is 0 Å². The van der Waals surface area contributed by atoms with Gasteiger partial charge in [0, 0.05) is 5.75 Å². The third-order valence-corrected chi connectivity index (χ3v) is 6.39. The van der Waals surface area contributed by atoms with Crippen LogP contribution in [0.4, 0.5) is 0 Å². The molecule has 1 heterocycles. The molecule has 0 aromatic rings. The van der Waals surface area contributed by atoms with E-state index in [4.69, 9.17) is 0 Å². The van der Waals surface area contributed by atoms with Crippen LogP contribution >= 0.6 is 11.8 Å². The minimum absolute atomic E-state index is 0.677. The summed E-state index contributed by atoms with van der Waals surface area (Å²) in [6.45, 7) is 0. The van der Waals surface area contributed by atoms with E-state index in [0.29, 0.717) is 10.9 Å². The summed E-state index contributed by atoms with van der Waals surface area (Å²) < 4.78 is 0. The van der Waals surface area contributed by atoms with Crippen LogP contribution in [0.3, 0.4) is 0 Å². The monoisotopic (exact) mass is 243 g/mol. The highest BCUT2D eigenvalue weighted by molar-refractivity contribution is 7.99. The van der Waals surface area contributed by atoms with E-state index in [9.17, 15) is 0 Å². The van der Waals surface area contributed by atoms with E-state index in [1.54, 1.807) is 0 Å². The van der Waals surface area contributed by atoms with Crippen LogP contribution in [0.25, 0.3) is 0 Å². The van der Waals surface area contributed by atoms with E-state index in [1.807, 2.05) is 11.1 Å². The van der Waals surface area contributed by atoms with Gasteiger partial charge in [-0.3, -0.25) is 0 Å². The van der Waals surface area contributed by atoms with Crippen LogP contribution in [-0.4, -0.2) is 29.3 Å². The van der Waals surface area contributed by atoms with Gasteiger partial charge >= 0.3 is 0 Å². The molecular formula is C13H23S2+. The van der Waals surface area contributed by atoms with Crippen LogP contribution in [0.5, 0.6) is 0 Å². The molecule has 86 valence electrons. The Kier molecular flexibility index (Phi) is 4.96. The van der Waals surface area contributed by atoms with Crippen LogP contribution in [0.15, 0.2) is 11.1 Å². The fourth-order valence-electron chi connectivity index (χ4n) is 2.50. The number of thioether (sulfide) groups is 1. The number of hydrogen-bond acceptors (Lipinski definition) is 1. The van der Waals surface area contributed by atoms with Crippen molar-refractivity contribution in [2.24, 2.45) is 0 Å². The topological polar surface area (TPSA) is 0 Å². The van der Waals surface area contributed by atoms with Crippen molar-refractivity contribution in [3.63, 3.8) is 0 Å². The lowest BCUT2D eigenvalue weighted by Gasteiger charge is -2.20. The van der Waals surface area contributed by atoms with Gasteiger partial charge in [-0.05, 0) is 60.7 Å². The average Bonchev–Trinajstić information content (AvgIpc) is 2.25. The molecule has 0 saturated carbocycles. The van der Waals surface area contributed by atoms with Crippen molar-refractivity contribution in [1.29, 1.82) is 0 Å². The molecule has 15 heavy (non-hydrogen) atoms. The molecule has 2 heteroatoms. The molecule has 0 bridgehead atoms. The smallest absolute Gasteiger partial charge is 0.129 e. The Morgan fingerprint density at radius 2 is 1.80 bits per heavy atom. The zero-order chi connectivity index (χ0) is 10.5. The molecule has 0 aromatic heterocycles. The third kappa shape index (κ3) is 3.74. The fraction of sp³-hybridized carbons (Fsp3) is 0.846. The van der Waals surface area contributed by atoms with E-state index < -0.39 is 0 Å². The summed E-state index contributed by atoms with van der Waals surface area (Å²) in [6.07, 6.45) is 11.2. The van der Waals surface area contributed by atoms with Gasteiger partial charge in [-0.25, -0.2) is 0 Å². The second kappa shape index (κ2) is 6.24. The standard InChI is InChI=1S/C13H23S2/c1-15-9-5-4-8-14-10-12-6-2-3-7-13(12)11-15/h2-11H2,1H3/q+1. The van der Waals surface area contributed by atoms with E-state index in [-0.39, 0.29) is 0 Å². The molecule has 0 amide bonds. The van der Waals surface area contributed by atoms with Gasteiger partial charge in [0.25, 0.3) is 0 Å². The Morgan fingerprint density at radius 1 is 1.00 bits per heavy atom. The fourth-order valence-corrected chi connectivity index (χ4v) is 5.43. The van der Waals surface area contributed by atoms with E-state index in [2.05, 4.69) is 18.0 Å². The second-order valence-corrected chi connectivity index (χ2v) is 8.17. The minimum atomic E-state index is 0.677. The summed E-state index contributed by atoms with van der Waals surface area (Å²) in [5.41, 5.74) is 3.70. The van der Waals surface area contributed by atoms with Crippen molar-refractivity contribution in [3.05, 3.63) is 11.1 Å². The summed E-state index contributed by atoms with van der Waals surface area (Å²) in [7, 11) is 0.677. The molecule has 1 aliphatic carbocycles. The van der Waals surface area contributed by atoms with Crippen molar-refractivity contribution in [1.82, 2.24) is 0 Å². The van der Waals surface area contributed by atoms with Crippen molar-refractivity contribution < 1.29 is 0 Å². The second-order valence-electron chi connectivity index (χ2n) is 4.80. The summed E-state index contributed by atoms with van der Waals surface area (Å²) >= 11 is 2.18. The Labute approximate surface area is 102 Å². The number of hydrogen-bond donors (Lipinski definition) is 0. The lowest BCUT2D eigenvalue weighted by Crippen LogP contribution is -2.17. The molecule has 2 aliphatic rings. The maximum Gasteiger partial charge on any atom is 0.129 e. The molecule has 0 aromatic carbocycles. The van der Waals surface area contributed by atoms with Crippen LogP contribution < -0.4 is 0 Å². The van der Waals surface area contributed by atoms with Gasteiger partial charge < -0.3 is 0 Å². The van der Waals surface area contributed by atoms with Gasteiger partial charge in [-0.15, -0.1) is 0 Å². The summed E-state index contributed by atoms with van der Waals surface area (Å²) in [5, 5.41) is 0. The molecule has 0 spiro atoms. The normalized spacial score (nSPS) is 29.8. The quantitative estimate of drug-likeness (QED) is 0.462. The third-order valence-electron chi connectivity index (χ3n) is 3.44. The maximum absolute atomic E-state index is 2.48. The summed E-state index contributed by atoms with van der Waals surface area (Å²) in [6, 6.07) is 0. The predicted molar refractivity (Wildman–Crippen MR) is 75.1 cm³/mol. The molecule has 0 fully saturated rings. The zero-order valence-electron chi connectivity index (χ0n) is 9.89. The van der Waals surface area contributed by atoms with E-state index in [1.165, 1.54) is 61.5 Å². The van der Waals surface area contributed by atoms with Crippen molar-refractivity contribution in [2.75, 3.05) is 29.3 Å². The Balaban J connectivity index is 2.04. The van der Waals surface area contributed by atoms with Crippen molar-refractivity contribution in [3.8, 4) is 0 Å². The molecule has 0 saturated heterocycles. The largest absolute Gasteiger partial charge is 0.158 e. The van der Waals surface area contributed by atoms with Gasteiger partial charge in [0.2, 0.25) is 0 Å². The van der Waals surface area contributed by atoms with Crippen LogP contribution in [0.1, 0.15) is 38.5 Å². The number of rotatable bonds is 0. The van der Waals surface area contributed by atoms with Crippen LogP contribution in [-0.2, 0) is 10.9 Å². The molecule has 0 nitrogen and oxygen atoms in total. The van der Waals surface area contributed by atoms with Crippen molar-refractivity contribution >= 4 is 22.7 Å². The van der Waals surface area contributed by atoms with Crippen LogP contribution in [0, 0.1) is 0 Å². The predicted octanol–water partition coefficient (Wildman–Crippen LogP) is 3.63. The molecule has 1 atom stereocenters. The minimum Gasteiger partial charge on any atom is -0.158 e. The summed E-state index contributed by atoms with van der Waals surface area (Å²) in [4.78, 5) is 0. The van der Waals surface area contributed by atoms with Gasteiger partial charge in [0.05, 0.1) is 6.26 Å². The molecule has 0 N–H and O–H groups in total.